The lowest BCUT2D eigenvalue weighted by Gasteiger charge is -2.33. The minimum Gasteiger partial charge on any atom is -0.377 e. The van der Waals surface area contributed by atoms with Crippen molar-refractivity contribution >= 4 is 5.91 Å². The monoisotopic (exact) mass is 328 g/mol. The van der Waals surface area contributed by atoms with Crippen LogP contribution in [0.25, 0.3) is 0 Å². The highest BCUT2D eigenvalue weighted by molar-refractivity contribution is 5.94. The summed E-state index contributed by atoms with van der Waals surface area (Å²) in [4.78, 5) is 14.6. The molecule has 3 rings (SSSR count). The maximum Gasteiger partial charge on any atom is 0.253 e. The molecule has 0 bridgehead atoms. The maximum atomic E-state index is 12.7. The van der Waals surface area contributed by atoms with E-state index in [1.54, 1.807) is 13.4 Å². The minimum atomic E-state index is 0.123. The van der Waals surface area contributed by atoms with Gasteiger partial charge in [0, 0.05) is 31.8 Å². The van der Waals surface area contributed by atoms with E-state index >= 15 is 0 Å². The summed E-state index contributed by atoms with van der Waals surface area (Å²) in [7, 11) is 1.66. The summed E-state index contributed by atoms with van der Waals surface area (Å²) in [5.41, 5.74) is 3.15. The molecular formula is C18H24N4O2. The first-order valence-corrected chi connectivity index (χ1v) is 8.34. The van der Waals surface area contributed by atoms with Gasteiger partial charge < -0.3 is 14.2 Å². The number of carbonyl (C=O) groups is 1. The molecule has 0 spiro atoms. The fourth-order valence-corrected chi connectivity index (χ4v) is 3.21. The molecule has 0 saturated carbocycles. The smallest absolute Gasteiger partial charge is 0.253 e. The Hall–Kier alpha value is -2.21. The number of ether oxygens (including phenoxy) is 1. The number of piperidine rings is 1. The van der Waals surface area contributed by atoms with Gasteiger partial charge in [0.25, 0.3) is 5.91 Å². The lowest BCUT2D eigenvalue weighted by Crippen LogP contribution is -2.39. The van der Waals surface area contributed by atoms with Crippen LogP contribution in [0, 0.1) is 13.8 Å². The van der Waals surface area contributed by atoms with Gasteiger partial charge in [0.05, 0.1) is 0 Å². The molecule has 0 atom stereocenters. The van der Waals surface area contributed by atoms with E-state index in [9.17, 15) is 4.79 Å². The zero-order valence-electron chi connectivity index (χ0n) is 14.5. The predicted molar refractivity (Wildman–Crippen MR) is 90.8 cm³/mol. The number of carbonyl (C=O) groups excluding carboxylic acids is 1. The van der Waals surface area contributed by atoms with Gasteiger partial charge >= 0.3 is 0 Å². The van der Waals surface area contributed by atoms with Crippen molar-refractivity contribution < 1.29 is 9.53 Å². The molecule has 6 heteroatoms. The van der Waals surface area contributed by atoms with Gasteiger partial charge in [-0.1, -0.05) is 6.07 Å². The van der Waals surface area contributed by atoms with E-state index in [-0.39, 0.29) is 5.91 Å². The first-order chi connectivity index (χ1) is 11.6. The van der Waals surface area contributed by atoms with Crippen LogP contribution in [0.2, 0.25) is 0 Å². The van der Waals surface area contributed by atoms with Crippen molar-refractivity contribution in [3.8, 4) is 0 Å². The number of nitrogens with zero attached hydrogens (tertiary/aromatic N) is 4. The van der Waals surface area contributed by atoms with Crippen LogP contribution >= 0.6 is 0 Å². The summed E-state index contributed by atoms with van der Waals surface area (Å²) < 4.78 is 7.25. The molecule has 1 amide bonds. The first-order valence-electron chi connectivity index (χ1n) is 8.34. The zero-order chi connectivity index (χ0) is 17.1. The standard InChI is InChI=1S/C18H24N4O2/c1-13-4-5-15(10-14(13)2)18(23)21-8-6-16(7-9-21)22-12-19-20-17(22)11-24-3/h4-5,10,12,16H,6-9,11H2,1-3H3. The Morgan fingerprint density at radius 3 is 2.67 bits per heavy atom. The highest BCUT2D eigenvalue weighted by Gasteiger charge is 2.26. The van der Waals surface area contributed by atoms with Crippen LogP contribution in [0.15, 0.2) is 24.5 Å². The van der Waals surface area contributed by atoms with Crippen molar-refractivity contribution in [1.29, 1.82) is 0 Å². The second-order valence-electron chi connectivity index (χ2n) is 6.41. The van der Waals surface area contributed by atoms with Crippen LogP contribution in [0.3, 0.4) is 0 Å². The van der Waals surface area contributed by atoms with E-state index in [2.05, 4.69) is 21.7 Å². The van der Waals surface area contributed by atoms with Crippen LogP contribution in [0.5, 0.6) is 0 Å². The number of likely N-dealkylation sites (tertiary alicyclic amines) is 1. The molecule has 2 aromatic rings. The van der Waals surface area contributed by atoms with Crippen LogP contribution < -0.4 is 0 Å². The average molecular weight is 328 g/mol. The van der Waals surface area contributed by atoms with Crippen molar-refractivity contribution in [3.05, 3.63) is 47.0 Å². The maximum absolute atomic E-state index is 12.7. The molecule has 24 heavy (non-hydrogen) atoms. The summed E-state index contributed by atoms with van der Waals surface area (Å²) >= 11 is 0. The van der Waals surface area contributed by atoms with E-state index in [0.717, 1.165) is 42.9 Å². The van der Waals surface area contributed by atoms with Gasteiger partial charge in [-0.25, -0.2) is 0 Å². The lowest BCUT2D eigenvalue weighted by molar-refractivity contribution is 0.0690. The van der Waals surface area contributed by atoms with E-state index in [0.29, 0.717) is 12.6 Å². The van der Waals surface area contributed by atoms with Crippen LogP contribution in [0.1, 0.15) is 46.2 Å². The summed E-state index contributed by atoms with van der Waals surface area (Å²) in [6, 6.07) is 6.26. The molecule has 6 nitrogen and oxygen atoms in total. The van der Waals surface area contributed by atoms with Crippen LogP contribution in [0.4, 0.5) is 0 Å². The molecule has 1 aliphatic rings. The van der Waals surface area contributed by atoms with Crippen molar-refractivity contribution in [2.45, 2.75) is 39.3 Å². The average Bonchev–Trinajstić information content (AvgIpc) is 3.05. The minimum absolute atomic E-state index is 0.123. The Kier molecular flexibility index (Phi) is 4.94. The molecule has 1 saturated heterocycles. The molecule has 128 valence electrons. The Morgan fingerprint density at radius 2 is 2.00 bits per heavy atom. The van der Waals surface area contributed by atoms with E-state index < -0.39 is 0 Å². The summed E-state index contributed by atoms with van der Waals surface area (Å²) in [5, 5.41) is 8.10. The molecule has 0 unspecified atom stereocenters. The summed E-state index contributed by atoms with van der Waals surface area (Å²) in [6.45, 7) is 6.07. The highest BCUT2D eigenvalue weighted by Crippen LogP contribution is 2.25. The molecule has 1 fully saturated rings. The van der Waals surface area contributed by atoms with Gasteiger partial charge in [0.2, 0.25) is 0 Å². The topological polar surface area (TPSA) is 60.3 Å². The second kappa shape index (κ2) is 7.13. The Balaban J connectivity index is 1.65. The van der Waals surface area contributed by atoms with Gasteiger partial charge in [0.15, 0.2) is 5.82 Å². The number of methoxy groups -OCH3 is 1. The molecule has 0 aliphatic carbocycles. The number of amides is 1. The third kappa shape index (κ3) is 3.33. The zero-order valence-corrected chi connectivity index (χ0v) is 14.5. The van der Waals surface area contributed by atoms with E-state index in [4.69, 9.17) is 4.74 Å². The molecule has 1 aromatic heterocycles. The number of aryl methyl sites for hydroxylation is 2. The normalized spacial score (nSPS) is 15.7. The molecule has 2 heterocycles. The Morgan fingerprint density at radius 1 is 1.25 bits per heavy atom. The lowest BCUT2D eigenvalue weighted by atomic mass is 10.0. The fraction of sp³-hybridized carbons (Fsp3) is 0.500. The Bertz CT molecular complexity index is 718. The van der Waals surface area contributed by atoms with E-state index in [1.165, 1.54) is 5.56 Å². The van der Waals surface area contributed by atoms with Crippen LogP contribution in [-0.4, -0.2) is 45.8 Å². The number of hydrogen-bond acceptors (Lipinski definition) is 4. The SMILES string of the molecule is COCc1nncn1C1CCN(C(=O)c2ccc(C)c(C)c2)CC1. The molecule has 1 aliphatic heterocycles. The number of aromatic nitrogens is 3. The van der Waals surface area contributed by atoms with Crippen molar-refractivity contribution in [1.82, 2.24) is 19.7 Å². The van der Waals surface area contributed by atoms with Gasteiger partial charge in [-0.3, -0.25) is 4.79 Å². The third-order valence-electron chi connectivity index (χ3n) is 4.82. The fourth-order valence-electron chi connectivity index (χ4n) is 3.21. The number of rotatable bonds is 4. The molecule has 0 radical (unpaired) electrons. The van der Waals surface area contributed by atoms with Crippen molar-refractivity contribution in [2.24, 2.45) is 0 Å². The Labute approximate surface area is 142 Å². The molecular weight excluding hydrogens is 304 g/mol. The van der Waals surface area contributed by atoms with Crippen LogP contribution in [-0.2, 0) is 11.3 Å². The largest absolute Gasteiger partial charge is 0.377 e. The summed E-state index contributed by atoms with van der Waals surface area (Å²) in [5.74, 6) is 0.967. The van der Waals surface area contributed by atoms with Gasteiger partial charge in [0.1, 0.15) is 12.9 Å². The first kappa shape index (κ1) is 16.6. The number of benzene rings is 1. The van der Waals surface area contributed by atoms with Gasteiger partial charge in [-0.15, -0.1) is 10.2 Å². The predicted octanol–water partition coefficient (Wildman–Crippen LogP) is 2.52. The highest BCUT2D eigenvalue weighted by atomic mass is 16.5. The molecule has 0 N–H and O–H groups in total. The summed E-state index contributed by atoms with van der Waals surface area (Å²) in [6.07, 6.45) is 3.58. The van der Waals surface area contributed by atoms with Gasteiger partial charge in [-0.2, -0.15) is 0 Å². The van der Waals surface area contributed by atoms with E-state index in [1.807, 2.05) is 30.0 Å². The quantitative estimate of drug-likeness (QED) is 0.865. The molecule has 1 aromatic carbocycles. The van der Waals surface area contributed by atoms with Crippen molar-refractivity contribution in [2.75, 3.05) is 20.2 Å². The van der Waals surface area contributed by atoms with Crippen molar-refractivity contribution in [3.63, 3.8) is 0 Å². The number of hydrogen-bond donors (Lipinski definition) is 0. The van der Waals surface area contributed by atoms with Gasteiger partial charge in [-0.05, 0) is 49.9 Å². The third-order valence-corrected chi connectivity index (χ3v) is 4.82. The second-order valence-corrected chi connectivity index (χ2v) is 6.41.